The molecule has 0 aliphatic carbocycles. The lowest BCUT2D eigenvalue weighted by molar-refractivity contribution is -0.384. The highest BCUT2D eigenvalue weighted by atomic mass is 28.3. The summed E-state index contributed by atoms with van der Waals surface area (Å²) in [6.07, 6.45) is -4.22. The van der Waals surface area contributed by atoms with E-state index in [1.165, 1.54) is 18.2 Å². The number of rotatable bonds is 8. The van der Waals surface area contributed by atoms with Crippen molar-refractivity contribution in [3.8, 4) is 28.6 Å². The van der Waals surface area contributed by atoms with Gasteiger partial charge in [0.25, 0.3) is 5.69 Å². The van der Waals surface area contributed by atoms with Crippen molar-refractivity contribution in [2.45, 2.75) is 70.8 Å². The molecule has 2 heterocycles. The third kappa shape index (κ3) is 7.11. The first kappa shape index (κ1) is 36.9. The van der Waals surface area contributed by atoms with Crippen molar-refractivity contribution in [1.82, 2.24) is 9.97 Å². The van der Waals surface area contributed by atoms with E-state index in [2.05, 4.69) is 63.0 Å². The minimum Gasteiger partial charge on any atom is -0.454 e. The number of aromatic nitrogens is 2. The molecular weight excluding hydrogens is 675 g/mol. The number of alkyl halides is 3. The molecule has 0 spiro atoms. The van der Waals surface area contributed by atoms with Crippen LogP contribution >= 0.6 is 0 Å². The van der Waals surface area contributed by atoms with E-state index in [0.29, 0.717) is 25.0 Å². The Morgan fingerprint density at radius 3 is 2.36 bits per heavy atom. The molecule has 4 aromatic rings. The fourth-order valence-electron chi connectivity index (χ4n) is 7.28. The smallest absolute Gasteiger partial charge is 0.422 e. The number of nitrogens with zero attached hydrogens (tertiary/aromatic N) is 4. The van der Waals surface area contributed by atoms with E-state index in [-0.39, 0.29) is 57.5 Å². The molecule has 50 heavy (non-hydrogen) atoms. The summed E-state index contributed by atoms with van der Waals surface area (Å²) in [5.74, 6) is 1.24. The molecule has 1 aliphatic heterocycles. The number of halogens is 5. The SMILES string of the molecule is CC(C)[Si](C#Cc1c(F)ccc2cccc(-c3c([N+](=O)[O-])cc4c(N5CCCOCC5)nc(OCC(F)(F)F)nc4c3F)c12)(C(C)C)C(C)C. The first-order valence-corrected chi connectivity index (χ1v) is 18.8. The number of anilines is 1. The summed E-state index contributed by atoms with van der Waals surface area (Å²) in [7, 11) is -2.38. The second-order valence-corrected chi connectivity index (χ2v) is 19.0. The van der Waals surface area contributed by atoms with Crippen LogP contribution in [-0.2, 0) is 4.74 Å². The first-order valence-electron chi connectivity index (χ1n) is 16.5. The van der Waals surface area contributed by atoms with Crippen LogP contribution in [0.4, 0.5) is 33.5 Å². The number of benzene rings is 3. The number of nitro benzene ring substituents is 1. The summed E-state index contributed by atoms with van der Waals surface area (Å²) < 4.78 is 82.8. The maximum absolute atomic E-state index is 17.1. The van der Waals surface area contributed by atoms with Gasteiger partial charge in [0.15, 0.2) is 12.4 Å². The maximum atomic E-state index is 17.1. The van der Waals surface area contributed by atoms with Crippen LogP contribution in [0.5, 0.6) is 6.01 Å². The summed E-state index contributed by atoms with van der Waals surface area (Å²) in [6.45, 7) is 12.2. The molecule has 0 unspecified atom stereocenters. The maximum Gasteiger partial charge on any atom is 0.422 e. The van der Waals surface area contributed by atoms with E-state index < -0.39 is 60.2 Å². The minimum absolute atomic E-state index is 0.00981. The standard InChI is InChI=1S/C36H39F5N4O4Si/c1-21(2)50(22(3)4,23(5)6)18-13-25-28(37)12-11-24-9-7-10-26(30(24)25)31-29(45(46)47)19-27-33(32(31)38)42-35(49-20-36(39,40)41)43-34(27)44-14-8-16-48-17-15-44/h7,9-12,19,21-23H,8,14-17,20H2,1-6H3. The largest absolute Gasteiger partial charge is 0.454 e. The molecule has 1 saturated heterocycles. The molecule has 14 heteroatoms. The lowest BCUT2D eigenvalue weighted by Gasteiger charge is -2.38. The molecular formula is C36H39F5N4O4Si. The zero-order chi connectivity index (χ0) is 36.5. The second kappa shape index (κ2) is 14.5. The van der Waals surface area contributed by atoms with Crippen LogP contribution in [0.2, 0.25) is 16.6 Å². The van der Waals surface area contributed by atoms with E-state index in [0.717, 1.165) is 6.07 Å². The Bertz CT molecular complexity index is 1960. The fourth-order valence-corrected chi connectivity index (χ4v) is 12.5. The Kier molecular flexibility index (Phi) is 10.7. The van der Waals surface area contributed by atoms with Gasteiger partial charge < -0.3 is 14.4 Å². The molecule has 8 nitrogen and oxygen atoms in total. The van der Waals surface area contributed by atoms with Gasteiger partial charge in [-0.05, 0) is 34.5 Å². The summed E-state index contributed by atoms with van der Waals surface area (Å²) in [4.78, 5) is 21.8. The molecule has 0 N–H and O–H groups in total. The van der Waals surface area contributed by atoms with Crippen molar-refractivity contribution in [3.05, 3.63) is 63.7 Å². The van der Waals surface area contributed by atoms with Crippen molar-refractivity contribution < 1.29 is 36.3 Å². The number of ether oxygens (including phenoxy) is 2. The van der Waals surface area contributed by atoms with Gasteiger partial charge >= 0.3 is 12.2 Å². The Labute approximate surface area is 288 Å². The molecule has 0 bridgehead atoms. The van der Waals surface area contributed by atoms with Gasteiger partial charge in [0.2, 0.25) is 0 Å². The van der Waals surface area contributed by atoms with Gasteiger partial charge in [-0.2, -0.15) is 23.1 Å². The number of hydrogen-bond donors (Lipinski definition) is 0. The molecule has 3 aromatic carbocycles. The Hall–Kier alpha value is -4.35. The lowest BCUT2D eigenvalue weighted by atomic mass is 9.92. The third-order valence-corrected chi connectivity index (χ3v) is 15.8. The summed E-state index contributed by atoms with van der Waals surface area (Å²) in [6, 6.07) is 7.80. The monoisotopic (exact) mass is 714 g/mol. The van der Waals surface area contributed by atoms with Gasteiger partial charge in [-0.3, -0.25) is 10.1 Å². The summed E-state index contributed by atoms with van der Waals surface area (Å²) in [5, 5.41) is 13.3. The molecule has 0 saturated carbocycles. The van der Waals surface area contributed by atoms with Crippen molar-refractivity contribution in [2.75, 3.05) is 37.8 Å². The van der Waals surface area contributed by atoms with Crippen LogP contribution in [0.1, 0.15) is 53.5 Å². The Morgan fingerprint density at radius 2 is 1.72 bits per heavy atom. The van der Waals surface area contributed by atoms with Gasteiger partial charge in [-0.1, -0.05) is 71.7 Å². The molecule has 0 amide bonds. The number of hydrogen-bond acceptors (Lipinski definition) is 7. The second-order valence-electron chi connectivity index (χ2n) is 13.4. The molecule has 1 fully saturated rings. The third-order valence-electron chi connectivity index (χ3n) is 9.49. The number of nitro groups is 1. The molecule has 0 atom stereocenters. The van der Waals surface area contributed by atoms with Gasteiger partial charge in [-0.15, -0.1) is 5.54 Å². The normalized spacial score (nSPS) is 14.4. The quantitative estimate of drug-likeness (QED) is 0.0591. The average molecular weight is 715 g/mol. The van der Waals surface area contributed by atoms with Crippen LogP contribution in [-0.4, -0.2) is 62.1 Å². The zero-order valence-electron chi connectivity index (χ0n) is 28.8. The van der Waals surface area contributed by atoms with E-state index in [1.54, 1.807) is 17.0 Å². The van der Waals surface area contributed by atoms with Gasteiger partial charge in [0.05, 0.1) is 28.0 Å². The zero-order valence-corrected chi connectivity index (χ0v) is 29.8. The van der Waals surface area contributed by atoms with Gasteiger partial charge in [-0.25, -0.2) is 8.78 Å². The minimum atomic E-state index is -4.74. The highest BCUT2D eigenvalue weighted by Crippen LogP contribution is 2.44. The van der Waals surface area contributed by atoms with Crippen LogP contribution in [0, 0.1) is 33.2 Å². The van der Waals surface area contributed by atoms with Crippen molar-refractivity contribution in [2.24, 2.45) is 0 Å². The van der Waals surface area contributed by atoms with Crippen LogP contribution < -0.4 is 9.64 Å². The van der Waals surface area contributed by atoms with Crippen molar-refractivity contribution >= 4 is 41.3 Å². The highest BCUT2D eigenvalue weighted by molar-refractivity contribution is 6.90. The average Bonchev–Trinajstić information content (AvgIpc) is 3.33. The van der Waals surface area contributed by atoms with E-state index in [4.69, 9.17) is 9.47 Å². The molecule has 0 radical (unpaired) electrons. The Morgan fingerprint density at radius 1 is 1.02 bits per heavy atom. The summed E-state index contributed by atoms with van der Waals surface area (Å²) in [5.41, 5.74) is 2.51. The highest BCUT2D eigenvalue weighted by Gasteiger charge is 2.42. The molecule has 1 aromatic heterocycles. The molecule has 5 rings (SSSR count). The predicted molar refractivity (Wildman–Crippen MR) is 186 cm³/mol. The van der Waals surface area contributed by atoms with Crippen molar-refractivity contribution in [3.63, 3.8) is 0 Å². The number of fused-ring (bicyclic) bond motifs is 2. The van der Waals surface area contributed by atoms with E-state index >= 15 is 8.78 Å². The first-order chi connectivity index (χ1) is 23.6. The van der Waals surface area contributed by atoms with Crippen LogP contribution in [0.25, 0.3) is 32.8 Å². The van der Waals surface area contributed by atoms with E-state index in [9.17, 15) is 23.3 Å². The predicted octanol–water partition coefficient (Wildman–Crippen LogP) is 9.37. The Balaban J connectivity index is 1.85. The van der Waals surface area contributed by atoms with E-state index in [1.807, 2.05) is 0 Å². The fraction of sp³-hybridized carbons (Fsp3) is 0.444. The van der Waals surface area contributed by atoms with Gasteiger partial charge in [0.1, 0.15) is 25.2 Å². The lowest BCUT2D eigenvalue weighted by Crippen LogP contribution is -2.43. The topological polar surface area (TPSA) is 90.6 Å². The molecule has 266 valence electrons. The van der Waals surface area contributed by atoms with Crippen LogP contribution in [0.15, 0.2) is 36.4 Å². The summed E-state index contributed by atoms with van der Waals surface area (Å²) >= 11 is 0. The van der Waals surface area contributed by atoms with Crippen molar-refractivity contribution in [1.29, 1.82) is 0 Å². The molecule has 1 aliphatic rings. The van der Waals surface area contributed by atoms with Gasteiger partial charge in [0, 0.05) is 36.7 Å². The van der Waals surface area contributed by atoms with Crippen LogP contribution in [0.3, 0.4) is 0 Å².